The summed E-state index contributed by atoms with van der Waals surface area (Å²) in [6.07, 6.45) is 1.37. The van der Waals surface area contributed by atoms with E-state index in [0.29, 0.717) is 11.3 Å². The third kappa shape index (κ3) is 3.41. The predicted octanol–water partition coefficient (Wildman–Crippen LogP) is 2.75. The Kier molecular flexibility index (Phi) is 3.94. The van der Waals surface area contributed by atoms with Gasteiger partial charge >= 0.3 is 5.97 Å². The van der Waals surface area contributed by atoms with Crippen molar-refractivity contribution in [3.05, 3.63) is 63.7 Å². The fourth-order valence-corrected chi connectivity index (χ4v) is 1.64. The highest BCUT2D eigenvalue weighted by Gasteiger charge is 2.09. The second kappa shape index (κ2) is 5.83. The molecule has 2 rings (SSSR count). The molecular formula is C14H10N2O5. The molecule has 0 unspecified atom stereocenters. The molecule has 7 nitrogen and oxygen atoms in total. The van der Waals surface area contributed by atoms with E-state index in [2.05, 4.69) is 4.99 Å². The number of aromatic carboxylic acids is 1. The van der Waals surface area contributed by atoms with Crippen molar-refractivity contribution in [3.63, 3.8) is 0 Å². The molecule has 0 radical (unpaired) electrons. The first-order chi connectivity index (χ1) is 9.97. The smallest absolute Gasteiger partial charge is 0.339 e. The van der Waals surface area contributed by atoms with Gasteiger partial charge in [0.2, 0.25) is 0 Å². The van der Waals surface area contributed by atoms with E-state index in [1.165, 1.54) is 42.6 Å². The third-order valence-corrected chi connectivity index (χ3v) is 2.65. The molecule has 106 valence electrons. The number of nitrogens with zero attached hydrogens (tertiary/aromatic N) is 2. The molecular weight excluding hydrogens is 276 g/mol. The Morgan fingerprint density at radius 2 is 2.00 bits per heavy atom. The molecule has 2 aromatic carbocycles. The number of carboxylic acid groups (broad SMARTS) is 1. The SMILES string of the molecule is O=C(O)c1cc(C=Nc2cccc([N+](=O)[O-])c2)ccc1O. The van der Waals surface area contributed by atoms with Crippen LogP contribution in [0.2, 0.25) is 0 Å². The van der Waals surface area contributed by atoms with Crippen LogP contribution in [0.4, 0.5) is 11.4 Å². The molecule has 7 heteroatoms. The van der Waals surface area contributed by atoms with Crippen molar-refractivity contribution in [1.29, 1.82) is 0 Å². The van der Waals surface area contributed by atoms with E-state index in [1.807, 2.05) is 0 Å². The van der Waals surface area contributed by atoms with Gasteiger partial charge in [0.25, 0.3) is 5.69 Å². The Balaban J connectivity index is 2.29. The monoisotopic (exact) mass is 286 g/mol. The molecule has 2 aromatic rings. The van der Waals surface area contributed by atoms with Gasteiger partial charge in [0.1, 0.15) is 11.3 Å². The van der Waals surface area contributed by atoms with Crippen LogP contribution in [0.15, 0.2) is 47.5 Å². The second-order valence-electron chi connectivity index (χ2n) is 4.12. The summed E-state index contributed by atoms with van der Waals surface area (Å²) in [5.74, 6) is -1.59. The molecule has 2 N–H and O–H groups in total. The van der Waals surface area contributed by atoms with Crippen LogP contribution < -0.4 is 0 Å². The van der Waals surface area contributed by atoms with Crippen molar-refractivity contribution >= 4 is 23.6 Å². The summed E-state index contributed by atoms with van der Waals surface area (Å²) in [6, 6.07) is 9.74. The lowest BCUT2D eigenvalue weighted by Crippen LogP contribution is -1.97. The summed E-state index contributed by atoms with van der Waals surface area (Å²) in [5, 5.41) is 28.9. The van der Waals surface area contributed by atoms with Gasteiger partial charge < -0.3 is 10.2 Å². The maximum atomic E-state index is 10.9. The molecule has 0 bridgehead atoms. The summed E-state index contributed by atoms with van der Waals surface area (Å²) in [6.45, 7) is 0. The molecule has 0 saturated carbocycles. The number of aromatic hydroxyl groups is 1. The molecule has 0 aliphatic rings. The van der Waals surface area contributed by atoms with Gasteiger partial charge in [0, 0.05) is 18.3 Å². The van der Waals surface area contributed by atoms with Gasteiger partial charge in [-0.05, 0) is 29.8 Å². The van der Waals surface area contributed by atoms with Crippen LogP contribution in [0.5, 0.6) is 5.75 Å². The van der Waals surface area contributed by atoms with Gasteiger partial charge in [-0.2, -0.15) is 0 Å². The van der Waals surface area contributed by atoms with Crippen molar-refractivity contribution in [2.24, 2.45) is 4.99 Å². The van der Waals surface area contributed by atoms with Crippen LogP contribution in [0.1, 0.15) is 15.9 Å². The van der Waals surface area contributed by atoms with Crippen LogP contribution in [0.25, 0.3) is 0 Å². The van der Waals surface area contributed by atoms with Crippen molar-refractivity contribution < 1.29 is 19.9 Å². The normalized spacial score (nSPS) is 10.7. The maximum Gasteiger partial charge on any atom is 0.339 e. The first-order valence-electron chi connectivity index (χ1n) is 5.82. The van der Waals surface area contributed by atoms with Crippen LogP contribution >= 0.6 is 0 Å². The Morgan fingerprint density at radius 3 is 2.67 bits per heavy atom. The van der Waals surface area contributed by atoms with E-state index in [0.717, 1.165) is 0 Å². The first-order valence-corrected chi connectivity index (χ1v) is 5.82. The molecule has 0 amide bonds. The lowest BCUT2D eigenvalue weighted by atomic mass is 10.1. The quantitative estimate of drug-likeness (QED) is 0.509. The number of hydrogen-bond donors (Lipinski definition) is 2. The molecule has 21 heavy (non-hydrogen) atoms. The van der Waals surface area contributed by atoms with E-state index >= 15 is 0 Å². The Morgan fingerprint density at radius 1 is 1.24 bits per heavy atom. The third-order valence-electron chi connectivity index (χ3n) is 2.65. The number of carboxylic acids is 1. The van der Waals surface area contributed by atoms with Crippen molar-refractivity contribution in [3.8, 4) is 5.75 Å². The Hall–Kier alpha value is -3.22. The van der Waals surface area contributed by atoms with E-state index in [1.54, 1.807) is 6.07 Å². The van der Waals surface area contributed by atoms with E-state index < -0.39 is 10.9 Å². The zero-order valence-corrected chi connectivity index (χ0v) is 10.6. The highest BCUT2D eigenvalue weighted by molar-refractivity contribution is 5.94. The summed E-state index contributed by atoms with van der Waals surface area (Å²) in [7, 11) is 0. The number of hydrogen-bond acceptors (Lipinski definition) is 5. The standard InChI is InChI=1S/C14H10N2O5/c17-13-5-4-9(6-12(13)14(18)19)8-15-10-2-1-3-11(7-10)16(20)21/h1-8,17H,(H,18,19). The molecule has 0 atom stereocenters. The molecule has 0 aliphatic heterocycles. The van der Waals surface area contributed by atoms with E-state index in [4.69, 9.17) is 5.11 Å². The lowest BCUT2D eigenvalue weighted by Gasteiger charge is -2.00. The number of rotatable bonds is 4. The number of nitro benzene ring substituents is 1. The number of phenols is 1. The number of non-ortho nitro benzene ring substituents is 1. The highest BCUT2D eigenvalue weighted by atomic mass is 16.6. The van der Waals surface area contributed by atoms with E-state index in [-0.39, 0.29) is 17.0 Å². The molecule has 0 fully saturated rings. The summed E-state index contributed by atoms with van der Waals surface area (Å²) in [4.78, 5) is 25.1. The minimum Gasteiger partial charge on any atom is -0.507 e. The van der Waals surface area contributed by atoms with Gasteiger partial charge in [-0.25, -0.2) is 4.79 Å². The molecule has 0 aliphatic carbocycles. The molecule has 0 aromatic heterocycles. The van der Waals surface area contributed by atoms with Gasteiger partial charge in [-0.15, -0.1) is 0 Å². The van der Waals surface area contributed by atoms with Crippen LogP contribution in [0.3, 0.4) is 0 Å². The van der Waals surface area contributed by atoms with Crippen LogP contribution in [-0.2, 0) is 0 Å². The molecule has 0 spiro atoms. The molecule has 0 saturated heterocycles. The highest BCUT2D eigenvalue weighted by Crippen LogP contribution is 2.21. The molecule has 0 heterocycles. The number of carbonyl (C=O) groups is 1. The minimum absolute atomic E-state index is 0.0819. The fraction of sp³-hybridized carbons (Fsp3) is 0. The zero-order chi connectivity index (χ0) is 15.4. The lowest BCUT2D eigenvalue weighted by molar-refractivity contribution is -0.384. The summed E-state index contributed by atoms with van der Waals surface area (Å²) in [5.41, 5.74) is 0.505. The van der Waals surface area contributed by atoms with Crippen LogP contribution in [-0.4, -0.2) is 27.3 Å². The second-order valence-corrected chi connectivity index (χ2v) is 4.12. The minimum atomic E-state index is -1.25. The number of aliphatic imine (C=N–C) groups is 1. The van der Waals surface area contributed by atoms with Crippen molar-refractivity contribution in [2.45, 2.75) is 0 Å². The summed E-state index contributed by atoms with van der Waals surface area (Å²) >= 11 is 0. The van der Waals surface area contributed by atoms with Gasteiger partial charge in [-0.1, -0.05) is 6.07 Å². The van der Waals surface area contributed by atoms with Gasteiger partial charge in [0.15, 0.2) is 0 Å². The first kappa shape index (κ1) is 14.2. The van der Waals surface area contributed by atoms with Crippen molar-refractivity contribution in [2.75, 3.05) is 0 Å². The topological polar surface area (TPSA) is 113 Å². The number of nitro groups is 1. The average molecular weight is 286 g/mol. The fourth-order valence-electron chi connectivity index (χ4n) is 1.64. The zero-order valence-electron chi connectivity index (χ0n) is 10.6. The largest absolute Gasteiger partial charge is 0.507 e. The summed E-state index contributed by atoms with van der Waals surface area (Å²) < 4.78 is 0. The maximum absolute atomic E-state index is 10.9. The van der Waals surface area contributed by atoms with Crippen molar-refractivity contribution in [1.82, 2.24) is 0 Å². The average Bonchev–Trinajstić information content (AvgIpc) is 2.46. The number of benzene rings is 2. The van der Waals surface area contributed by atoms with Gasteiger partial charge in [0.05, 0.1) is 10.6 Å². The Labute approximate surface area is 119 Å². The Bertz CT molecular complexity index is 740. The van der Waals surface area contributed by atoms with Crippen LogP contribution in [0, 0.1) is 10.1 Å². The van der Waals surface area contributed by atoms with E-state index in [9.17, 15) is 20.0 Å². The predicted molar refractivity (Wildman–Crippen MR) is 75.4 cm³/mol. The van der Waals surface area contributed by atoms with Gasteiger partial charge in [-0.3, -0.25) is 15.1 Å².